The number of anilines is 1. The van der Waals surface area contributed by atoms with Crippen molar-refractivity contribution in [3.63, 3.8) is 0 Å². The Hall–Kier alpha value is -2.57. The zero-order valence-corrected chi connectivity index (χ0v) is 15.6. The Morgan fingerprint density at radius 1 is 1.19 bits per heavy atom. The lowest BCUT2D eigenvalue weighted by atomic mass is 9.99. The van der Waals surface area contributed by atoms with E-state index in [2.05, 4.69) is 17.6 Å². The maximum absolute atomic E-state index is 12.3. The van der Waals surface area contributed by atoms with E-state index in [0.29, 0.717) is 24.7 Å². The average Bonchev–Trinajstić information content (AvgIpc) is 2.59. The molecule has 0 aliphatic carbocycles. The van der Waals surface area contributed by atoms with Crippen molar-refractivity contribution in [2.24, 2.45) is 5.92 Å². The Balaban J connectivity index is 1.92. The number of carbonyl (C=O) groups excluding carboxylic acids is 3. The fourth-order valence-electron chi connectivity index (χ4n) is 2.75. The molecule has 1 aliphatic rings. The van der Waals surface area contributed by atoms with Crippen LogP contribution in [0.15, 0.2) is 24.3 Å². The van der Waals surface area contributed by atoms with E-state index in [-0.39, 0.29) is 24.1 Å². The zero-order chi connectivity index (χ0) is 19.1. The summed E-state index contributed by atoms with van der Waals surface area (Å²) in [6.45, 7) is 6.95. The molecule has 1 heterocycles. The number of benzene rings is 1. The number of para-hydroxylation sites is 1. The Labute approximate surface area is 154 Å². The molecule has 1 aliphatic heterocycles. The quantitative estimate of drug-likeness (QED) is 0.789. The maximum atomic E-state index is 12.3. The topological polar surface area (TPSA) is 87.7 Å². The molecule has 142 valence electrons. The van der Waals surface area contributed by atoms with Crippen LogP contribution in [0.1, 0.15) is 44.0 Å². The molecular formula is C19H27N3O4. The third kappa shape index (κ3) is 5.75. The highest BCUT2D eigenvalue weighted by atomic mass is 16.5. The standard InChI is InChI=1S/C19H27N3O4/c1-13(2)20-19(25)21-16-7-5-4-6-15(16)18(24)26-12-17(23)22-10-8-14(3)9-11-22/h4-7,13-14H,8-12H2,1-3H3,(H2,20,21,25). The van der Waals surface area contributed by atoms with E-state index in [4.69, 9.17) is 4.74 Å². The second-order valence-electron chi connectivity index (χ2n) is 6.94. The first-order valence-electron chi connectivity index (χ1n) is 8.98. The van der Waals surface area contributed by atoms with E-state index in [9.17, 15) is 14.4 Å². The van der Waals surface area contributed by atoms with Crippen molar-refractivity contribution in [2.45, 2.75) is 39.7 Å². The van der Waals surface area contributed by atoms with Crippen LogP contribution >= 0.6 is 0 Å². The molecule has 2 rings (SSSR count). The minimum Gasteiger partial charge on any atom is -0.452 e. The second kappa shape index (κ2) is 9.22. The molecule has 0 unspecified atom stereocenters. The Morgan fingerprint density at radius 2 is 1.85 bits per heavy atom. The van der Waals surface area contributed by atoms with Crippen molar-refractivity contribution in [3.8, 4) is 0 Å². The monoisotopic (exact) mass is 361 g/mol. The predicted octanol–water partition coefficient (Wildman–Crippen LogP) is 2.63. The maximum Gasteiger partial charge on any atom is 0.340 e. The van der Waals surface area contributed by atoms with E-state index < -0.39 is 12.0 Å². The number of hydrogen-bond acceptors (Lipinski definition) is 4. The molecule has 26 heavy (non-hydrogen) atoms. The van der Waals surface area contributed by atoms with Crippen LogP contribution in [0.3, 0.4) is 0 Å². The van der Waals surface area contributed by atoms with Gasteiger partial charge in [0.15, 0.2) is 6.61 Å². The largest absolute Gasteiger partial charge is 0.452 e. The Morgan fingerprint density at radius 3 is 2.50 bits per heavy atom. The van der Waals surface area contributed by atoms with E-state index in [0.717, 1.165) is 12.8 Å². The fraction of sp³-hybridized carbons (Fsp3) is 0.526. The minimum absolute atomic E-state index is 0.0287. The van der Waals surface area contributed by atoms with Gasteiger partial charge in [-0.3, -0.25) is 4.79 Å². The highest BCUT2D eigenvalue weighted by Gasteiger charge is 2.22. The van der Waals surface area contributed by atoms with Crippen molar-refractivity contribution >= 4 is 23.6 Å². The van der Waals surface area contributed by atoms with Crippen molar-refractivity contribution in [2.75, 3.05) is 25.0 Å². The summed E-state index contributed by atoms with van der Waals surface area (Å²) >= 11 is 0. The predicted molar refractivity (Wildman–Crippen MR) is 99.0 cm³/mol. The fourth-order valence-corrected chi connectivity index (χ4v) is 2.75. The Kier molecular flexibility index (Phi) is 7.00. The van der Waals surface area contributed by atoms with Crippen LogP contribution in [-0.2, 0) is 9.53 Å². The van der Waals surface area contributed by atoms with Gasteiger partial charge in [0, 0.05) is 19.1 Å². The zero-order valence-electron chi connectivity index (χ0n) is 15.6. The molecule has 1 saturated heterocycles. The van der Waals surface area contributed by atoms with Crippen molar-refractivity contribution < 1.29 is 19.1 Å². The van der Waals surface area contributed by atoms with E-state index in [1.165, 1.54) is 0 Å². The molecule has 1 aromatic carbocycles. The van der Waals surface area contributed by atoms with Gasteiger partial charge in [-0.15, -0.1) is 0 Å². The lowest BCUT2D eigenvalue weighted by Gasteiger charge is -2.30. The first kappa shape index (κ1) is 19.8. The van der Waals surface area contributed by atoms with Gasteiger partial charge in [-0.2, -0.15) is 0 Å². The highest BCUT2D eigenvalue weighted by Crippen LogP contribution is 2.18. The summed E-state index contributed by atoms with van der Waals surface area (Å²) in [5.41, 5.74) is 0.557. The summed E-state index contributed by atoms with van der Waals surface area (Å²) < 4.78 is 5.17. The molecule has 0 radical (unpaired) electrons. The third-order valence-electron chi connectivity index (χ3n) is 4.28. The van der Waals surface area contributed by atoms with Gasteiger partial charge in [0.05, 0.1) is 11.3 Å². The van der Waals surface area contributed by atoms with Crippen LogP contribution in [0.5, 0.6) is 0 Å². The molecule has 0 aromatic heterocycles. The second-order valence-corrected chi connectivity index (χ2v) is 6.94. The molecular weight excluding hydrogens is 334 g/mol. The Bertz CT molecular complexity index is 652. The number of esters is 1. The van der Waals surface area contributed by atoms with Crippen LogP contribution in [0.4, 0.5) is 10.5 Å². The number of ether oxygens (including phenoxy) is 1. The first-order valence-corrected chi connectivity index (χ1v) is 8.98. The molecule has 7 nitrogen and oxygen atoms in total. The molecule has 3 amide bonds. The molecule has 0 saturated carbocycles. The van der Waals surface area contributed by atoms with Crippen molar-refractivity contribution in [1.29, 1.82) is 0 Å². The van der Waals surface area contributed by atoms with E-state index in [1.807, 2.05) is 13.8 Å². The summed E-state index contributed by atoms with van der Waals surface area (Å²) in [4.78, 5) is 38.1. The van der Waals surface area contributed by atoms with Crippen LogP contribution in [0, 0.1) is 5.92 Å². The molecule has 0 bridgehead atoms. The number of piperidine rings is 1. The van der Waals surface area contributed by atoms with Gasteiger partial charge in [-0.1, -0.05) is 19.1 Å². The number of urea groups is 1. The molecule has 1 fully saturated rings. The van der Waals surface area contributed by atoms with E-state index >= 15 is 0 Å². The summed E-state index contributed by atoms with van der Waals surface area (Å²) in [5.74, 6) is -0.200. The van der Waals surface area contributed by atoms with Crippen LogP contribution in [-0.4, -0.2) is 48.5 Å². The van der Waals surface area contributed by atoms with Gasteiger partial charge in [-0.25, -0.2) is 9.59 Å². The van der Waals surface area contributed by atoms with Gasteiger partial charge >= 0.3 is 12.0 Å². The summed E-state index contributed by atoms with van der Waals surface area (Å²) in [6.07, 6.45) is 1.94. The van der Waals surface area contributed by atoms with Gasteiger partial charge in [0.25, 0.3) is 5.91 Å². The number of nitrogens with one attached hydrogen (secondary N) is 2. The molecule has 0 atom stereocenters. The number of hydrogen-bond donors (Lipinski definition) is 2. The number of likely N-dealkylation sites (tertiary alicyclic amines) is 1. The number of amides is 3. The van der Waals surface area contributed by atoms with Gasteiger partial charge in [-0.05, 0) is 44.7 Å². The summed E-state index contributed by atoms with van der Waals surface area (Å²) in [7, 11) is 0. The summed E-state index contributed by atoms with van der Waals surface area (Å²) in [6, 6.07) is 6.13. The van der Waals surface area contributed by atoms with Gasteiger partial charge < -0.3 is 20.3 Å². The lowest BCUT2D eigenvalue weighted by Crippen LogP contribution is -2.40. The average molecular weight is 361 g/mol. The number of nitrogens with zero attached hydrogens (tertiary/aromatic N) is 1. The molecule has 2 N–H and O–H groups in total. The smallest absolute Gasteiger partial charge is 0.340 e. The number of carbonyl (C=O) groups is 3. The van der Waals surface area contributed by atoms with E-state index in [1.54, 1.807) is 29.2 Å². The minimum atomic E-state index is -0.635. The van der Waals surface area contributed by atoms with Crippen LogP contribution in [0.2, 0.25) is 0 Å². The normalized spacial score (nSPS) is 14.8. The molecule has 1 aromatic rings. The van der Waals surface area contributed by atoms with Crippen LogP contribution in [0.25, 0.3) is 0 Å². The van der Waals surface area contributed by atoms with Crippen molar-refractivity contribution in [3.05, 3.63) is 29.8 Å². The molecule has 0 spiro atoms. The summed E-state index contributed by atoms with van der Waals surface area (Å²) in [5, 5.41) is 5.32. The lowest BCUT2D eigenvalue weighted by molar-refractivity contribution is -0.135. The molecule has 7 heteroatoms. The highest BCUT2D eigenvalue weighted by molar-refractivity contribution is 6.01. The van der Waals surface area contributed by atoms with Gasteiger partial charge in [0.2, 0.25) is 0 Å². The van der Waals surface area contributed by atoms with Crippen LogP contribution < -0.4 is 10.6 Å². The van der Waals surface area contributed by atoms with Crippen molar-refractivity contribution in [1.82, 2.24) is 10.2 Å². The first-order chi connectivity index (χ1) is 12.4. The third-order valence-corrected chi connectivity index (χ3v) is 4.28. The SMILES string of the molecule is CC1CCN(C(=O)COC(=O)c2ccccc2NC(=O)NC(C)C)CC1. The van der Waals surface area contributed by atoms with Gasteiger partial charge in [0.1, 0.15) is 0 Å². The number of rotatable bonds is 5.